The van der Waals surface area contributed by atoms with E-state index < -0.39 is 8.07 Å². The van der Waals surface area contributed by atoms with Gasteiger partial charge in [-0.05, 0) is 22.1 Å². The molecule has 0 N–H and O–H groups in total. The Hall–Kier alpha value is 0.967. The molecule has 0 nitrogen and oxygen atoms in total. The number of hydrogen-bond donors (Lipinski definition) is 0. The number of halogens is 2. The van der Waals surface area contributed by atoms with Crippen molar-refractivity contribution < 1.29 is 0 Å². The molecule has 0 fully saturated rings. The molecule has 0 spiro atoms. The summed E-state index contributed by atoms with van der Waals surface area (Å²) in [5.74, 6) is 0. The third-order valence-corrected chi connectivity index (χ3v) is 9.18. The summed E-state index contributed by atoms with van der Waals surface area (Å²) in [7, 11) is -1.23. The second-order valence-corrected chi connectivity index (χ2v) is 15.6. The minimum Gasteiger partial charge on any atom is -0.148 e. The Balaban J connectivity index is 2.40. The van der Waals surface area contributed by atoms with Crippen molar-refractivity contribution in [3.05, 3.63) is 27.8 Å². The highest BCUT2D eigenvalue weighted by molar-refractivity contribution is 9.25. The lowest BCUT2D eigenvalue weighted by molar-refractivity contribution is 1.01. The summed E-state index contributed by atoms with van der Waals surface area (Å²) in [4.78, 5) is 1.53. The number of rotatable bonds is 2. The summed E-state index contributed by atoms with van der Waals surface area (Å²) in [6.45, 7) is 7.24. The first-order valence-corrected chi connectivity index (χ1v) is 12.0. The van der Waals surface area contributed by atoms with Gasteiger partial charge < -0.3 is 0 Å². The van der Waals surface area contributed by atoms with E-state index >= 15 is 0 Å². The molecule has 0 aliphatic carbocycles. The van der Waals surface area contributed by atoms with Crippen LogP contribution in [-0.2, 0) is 0 Å². The van der Waals surface area contributed by atoms with Crippen LogP contribution in [-0.4, -0.2) is 11.3 Å². The Kier molecular flexibility index (Phi) is 3.83. The highest BCUT2D eigenvalue weighted by Crippen LogP contribution is 2.54. The molecule has 1 aliphatic rings. The van der Waals surface area contributed by atoms with Crippen LogP contribution in [0.2, 0.25) is 19.6 Å². The van der Waals surface area contributed by atoms with E-state index in [1.807, 2.05) is 23.1 Å². The summed E-state index contributed by atoms with van der Waals surface area (Å²) < 4.78 is -0.0656. The molecule has 0 amide bonds. The molecule has 2 heterocycles. The lowest BCUT2D eigenvalue weighted by Crippen LogP contribution is -2.39. The van der Waals surface area contributed by atoms with E-state index in [1.165, 1.54) is 4.88 Å². The van der Waals surface area contributed by atoms with E-state index in [9.17, 15) is 0 Å². The molecule has 5 heteroatoms. The Morgan fingerprint density at radius 2 is 2.00 bits per heavy atom. The highest BCUT2D eigenvalue weighted by atomic mass is 79.9. The average molecular weight is 398 g/mol. The van der Waals surface area contributed by atoms with Gasteiger partial charge in [-0.15, -0.1) is 23.1 Å². The van der Waals surface area contributed by atoms with Crippen molar-refractivity contribution in [2.75, 3.05) is 0 Å². The van der Waals surface area contributed by atoms with Gasteiger partial charge in [-0.25, -0.2) is 0 Å². The quantitative estimate of drug-likeness (QED) is 0.495. The van der Waals surface area contributed by atoms with E-state index in [0.717, 1.165) is 0 Å². The second kappa shape index (κ2) is 4.57. The third-order valence-electron chi connectivity index (χ3n) is 2.60. The van der Waals surface area contributed by atoms with Gasteiger partial charge in [0.1, 0.15) is 3.23 Å². The van der Waals surface area contributed by atoms with E-state index in [0.29, 0.717) is 5.25 Å². The molecule has 1 aromatic heterocycles. The van der Waals surface area contributed by atoms with Crippen molar-refractivity contribution in [3.63, 3.8) is 0 Å². The van der Waals surface area contributed by atoms with Gasteiger partial charge >= 0.3 is 0 Å². The zero-order chi connectivity index (χ0) is 12.0. The molecule has 1 aromatic rings. The summed E-state index contributed by atoms with van der Waals surface area (Å²) in [5, 5.41) is 6.48. The smallest absolute Gasteiger partial charge is 0.116 e. The number of thioether (sulfide) groups is 1. The van der Waals surface area contributed by atoms with Gasteiger partial charge in [0.15, 0.2) is 0 Å². The van der Waals surface area contributed by atoms with Crippen LogP contribution in [0.25, 0.3) is 0 Å². The van der Waals surface area contributed by atoms with Gasteiger partial charge in [-0.2, -0.15) is 0 Å². The first-order valence-electron chi connectivity index (χ1n) is 5.11. The van der Waals surface area contributed by atoms with Crippen molar-refractivity contribution in [1.82, 2.24) is 0 Å². The predicted molar refractivity (Wildman–Crippen MR) is 87.4 cm³/mol. The fourth-order valence-electron chi connectivity index (χ4n) is 1.77. The summed E-state index contributed by atoms with van der Waals surface area (Å²) in [6, 6.07) is 2.32. The molecule has 88 valence electrons. The number of thiophene rings is 1. The standard InChI is InChI=1S/C11H14Br2S2Si/c1-16(2,3)8-4-6-14-9(8)10-11(12,13)5-7-15-10/h4-7,10H,1-3H3. The fourth-order valence-corrected chi connectivity index (χ4v) is 8.73. The minimum atomic E-state index is -1.23. The molecular weight excluding hydrogens is 384 g/mol. The highest BCUT2D eigenvalue weighted by Gasteiger charge is 2.39. The SMILES string of the molecule is C[Si](C)(C)c1ccsc1C1SC=CC1(Br)Br. The summed E-state index contributed by atoms with van der Waals surface area (Å²) in [5.41, 5.74) is 0. The molecule has 16 heavy (non-hydrogen) atoms. The predicted octanol–water partition coefficient (Wildman–Crippen LogP) is 5.08. The number of hydrogen-bond acceptors (Lipinski definition) is 2. The van der Waals surface area contributed by atoms with Gasteiger partial charge in [-0.1, -0.05) is 57.6 Å². The van der Waals surface area contributed by atoms with Crippen LogP contribution in [0.15, 0.2) is 22.9 Å². The summed E-state index contributed by atoms with van der Waals surface area (Å²) in [6.07, 6.45) is 2.19. The van der Waals surface area contributed by atoms with Crippen LogP contribution < -0.4 is 5.19 Å². The Labute approximate surface area is 123 Å². The van der Waals surface area contributed by atoms with Crippen molar-refractivity contribution in [1.29, 1.82) is 0 Å². The zero-order valence-corrected chi connectivity index (χ0v) is 15.3. The van der Waals surface area contributed by atoms with Crippen molar-refractivity contribution in [3.8, 4) is 0 Å². The molecule has 1 atom stereocenters. The van der Waals surface area contributed by atoms with Gasteiger partial charge in [0, 0.05) is 4.88 Å². The molecular formula is C11H14Br2S2Si. The van der Waals surface area contributed by atoms with E-state index in [2.05, 4.69) is 74.4 Å². The fraction of sp³-hybridized carbons (Fsp3) is 0.455. The first kappa shape index (κ1) is 13.4. The van der Waals surface area contributed by atoms with Crippen LogP contribution in [0, 0.1) is 0 Å². The zero-order valence-electron chi connectivity index (χ0n) is 9.46. The molecule has 0 bridgehead atoms. The molecule has 0 saturated heterocycles. The van der Waals surface area contributed by atoms with Crippen LogP contribution >= 0.6 is 55.0 Å². The van der Waals surface area contributed by atoms with Crippen molar-refractivity contribution >= 4 is 68.2 Å². The van der Waals surface area contributed by atoms with Crippen LogP contribution in [0.1, 0.15) is 10.1 Å². The topological polar surface area (TPSA) is 0 Å². The van der Waals surface area contributed by atoms with Gasteiger partial charge in [-0.3, -0.25) is 0 Å². The lowest BCUT2D eigenvalue weighted by atomic mass is 10.2. The Bertz CT molecular complexity index is 418. The molecule has 0 aromatic carbocycles. The van der Waals surface area contributed by atoms with Crippen LogP contribution in [0.4, 0.5) is 0 Å². The lowest BCUT2D eigenvalue weighted by Gasteiger charge is -2.25. The van der Waals surface area contributed by atoms with E-state index in [1.54, 1.807) is 5.19 Å². The maximum atomic E-state index is 3.76. The monoisotopic (exact) mass is 396 g/mol. The van der Waals surface area contributed by atoms with Crippen molar-refractivity contribution in [2.45, 2.75) is 28.1 Å². The molecule has 1 unspecified atom stereocenters. The molecule has 2 rings (SSSR count). The second-order valence-electron chi connectivity index (χ2n) is 4.94. The Morgan fingerprint density at radius 1 is 1.31 bits per heavy atom. The Morgan fingerprint density at radius 3 is 2.50 bits per heavy atom. The van der Waals surface area contributed by atoms with Crippen LogP contribution in [0.3, 0.4) is 0 Å². The van der Waals surface area contributed by atoms with E-state index in [4.69, 9.17) is 0 Å². The molecule has 0 radical (unpaired) electrons. The summed E-state index contributed by atoms with van der Waals surface area (Å²) >= 11 is 11.3. The molecule has 1 aliphatic heterocycles. The first-order chi connectivity index (χ1) is 7.32. The van der Waals surface area contributed by atoms with E-state index in [-0.39, 0.29) is 3.23 Å². The molecule has 0 saturated carbocycles. The number of allylic oxidation sites excluding steroid dienone is 1. The maximum absolute atomic E-state index is 3.76. The normalized spacial score (nSPS) is 23.9. The van der Waals surface area contributed by atoms with Gasteiger partial charge in [0.2, 0.25) is 0 Å². The number of alkyl halides is 2. The third kappa shape index (κ3) is 2.53. The van der Waals surface area contributed by atoms with Crippen molar-refractivity contribution in [2.24, 2.45) is 0 Å². The van der Waals surface area contributed by atoms with Gasteiger partial charge in [0.25, 0.3) is 0 Å². The van der Waals surface area contributed by atoms with Crippen LogP contribution in [0.5, 0.6) is 0 Å². The largest absolute Gasteiger partial charge is 0.148 e. The average Bonchev–Trinajstić information content (AvgIpc) is 2.68. The maximum Gasteiger partial charge on any atom is 0.116 e. The minimum absolute atomic E-state index is 0.0656. The van der Waals surface area contributed by atoms with Gasteiger partial charge in [0.05, 0.1) is 13.3 Å².